The highest BCUT2D eigenvalue weighted by atomic mass is 19.3. The fourth-order valence-corrected chi connectivity index (χ4v) is 1.77. The van der Waals surface area contributed by atoms with Crippen molar-refractivity contribution in [2.24, 2.45) is 5.92 Å². The molecule has 0 radical (unpaired) electrons. The van der Waals surface area contributed by atoms with Crippen molar-refractivity contribution < 1.29 is 18.3 Å². The van der Waals surface area contributed by atoms with Gasteiger partial charge in [-0.15, -0.1) is 0 Å². The van der Waals surface area contributed by atoms with Gasteiger partial charge in [0.25, 0.3) is 0 Å². The number of rotatable bonds is 2. The Hall–Kier alpha value is -0.670. The number of hydrogen-bond donors (Lipinski definition) is 0. The van der Waals surface area contributed by atoms with Crippen LogP contribution in [-0.2, 0) is 9.53 Å². The van der Waals surface area contributed by atoms with Gasteiger partial charge in [0.15, 0.2) is 0 Å². The van der Waals surface area contributed by atoms with Crippen molar-refractivity contribution in [2.45, 2.75) is 38.0 Å². The van der Waals surface area contributed by atoms with Crippen LogP contribution in [0.3, 0.4) is 0 Å². The predicted octanol–water partition coefficient (Wildman–Crippen LogP) is 2.38. The van der Waals surface area contributed by atoms with Crippen LogP contribution < -0.4 is 0 Å². The van der Waals surface area contributed by atoms with Crippen molar-refractivity contribution in [1.29, 1.82) is 0 Å². The quantitative estimate of drug-likeness (QED) is 0.628. The van der Waals surface area contributed by atoms with E-state index >= 15 is 0 Å². The fraction of sp³-hybridized carbons (Fsp3) is 0.889. The smallest absolute Gasteiger partial charge is 0.305 e. The van der Waals surface area contributed by atoms with E-state index in [1.807, 2.05) is 0 Å². The highest BCUT2D eigenvalue weighted by Crippen LogP contribution is 2.37. The number of carbonyl (C=O) groups is 1. The summed E-state index contributed by atoms with van der Waals surface area (Å²) >= 11 is 0. The third-order valence-corrected chi connectivity index (χ3v) is 2.43. The molecule has 1 aliphatic rings. The van der Waals surface area contributed by atoms with E-state index in [2.05, 4.69) is 4.74 Å². The average molecular weight is 192 g/mol. The highest BCUT2D eigenvalue weighted by molar-refractivity contribution is 5.69. The summed E-state index contributed by atoms with van der Waals surface area (Å²) in [6.45, 7) is 0. The standard InChI is InChI=1S/C9H14F2O2/c1-13-8(12)5-7-3-2-4-9(10,11)6-7/h7H,2-6H2,1H3. The number of alkyl halides is 2. The molecule has 1 atom stereocenters. The molecule has 0 bridgehead atoms. The lowest BCUT2D eigenvalue weighted by atomic mass is 9.84. The van der Waals surface area contributed by atoms with E-state index in [4.69, 9.17) is 0 Å². The number of esters is 1. The molecule has 1 aliphatic carbocycles. The Balaban J connectivity index is 2.39. The Bertz CT molecular complexity index is 192. The molecule has 0 aromatic carbocycles. The van der Waals surface area contributed by atoms with Gasteiger partial charge in [-0.3, -0.25) is 4.79 Å². The molecule has 1 saturated carbocycles. The summed E-state index contributed by atoms with van der Waals surface area (Å²) in [6, 6.07) is 0. The van der Waals surface area contributed by atoms with Gasteiger partial charge in [0.2, 0.25) is 5.92 Å². The fourth-order valence-electron chi connectivity index (χ4n) is 1.77. The number of carbonyl (C=O) groups excluding carboxylic acids is 1. The van der Waals surface area contributed by atoms with Gasteiger partial charge in [0.1, 0.15) is 0 Å². The SMILES string of the molecule is COC(=O)CC1CCCC(F)(F)C1. The molecule has 2 nitrogen and oxygen atoms in total. The van der Waals surface area contributed by atoms with Crippen molar-refractivity contribution in [3.8, 4) is 0 Å². The maximum Gasteiger partial charge on any atom is 0.305 e. The number of methoxy groups -OCH3 is 1. The largest absolute Gasteiger partial charge is 0.469 e. The van der Waals surface area contributed by atoms with Gasteiger partial charge in [0, 0.05) is 19.3 Å². The van der Waals surface area contributed by atoms with Crippen molar-refractivity contribution in [3.05, 3.63) is 0 Å². The first-order valence-corrected chi connectivity index (χ1v) is 4.48. The van der Waals surface area contributed by atoms with Crippen LogP contribution in [0.15, 0.2) is 0 Å². The second-order valence-corrected chi connectivity index (χ2v) is 3.60. The van der Waals surface area contributed by atoms with Gasteiger partial charge in [-0.25, -0.2) is 8.78 Å². The van der Waals surface area contributed by atoms with Gasteiger partial charge in [-0.1, -0.05) is 0 Å². The summed E-state index contributed by atoms with van der Waals surface area (Å²) < 4.78 is 30.2. The molecule has 1 unspecified atom stereocenters. The monoisotopic (exact) mass is 192 g/mol. The minimum atomic E-state index is -2.57. The molecule has 0 saturated heterocycles. The number of hydrogen-bond acceptors (Lipinski definition) is 2. The minimum Gasteiger partial charge on any atom is -0.469 e. The van der Waals surface area contributed by atoms with Crippen LogP contribution in [0, 0.1) is 5.92 Å². The van der Waals surface area contributed by atoms with Gasteiger partial charge >= 0.3 is 5.97 Å². The molecular weight excluding hydrogens is 178 g/mol. The van der Waals surface area contributed by atoms with E-state index < -0.39 is 5.92 Å². The van der Waals surface area contributed by atoms with E-state index in [0.717, 1.165) is 0 Å². The molecule has 0 heterocycles. The van der Waals surface area contributed by atoms with Crippen LogP contribution in [-0.4, -0.2) is 19.0 Å². The van der Waals surface area contributed by atoms with Gasteiger partial charge in [-0.2, -0.15) is 0 Å². The lowest BCUT2D eigenvalue weighted by Crippen LogP contribution is -2.27. The van der Waals surface area contributed by atoms with Gasteiger partial charge in [-0.05, 0) is 18.8 Å². The van der Waals surface area contributed by atoms with Gasteiger partial charge < -0.3 is 4.74 Å². The Morgan fingerprint density at radius 1 is 1.62 bits per heavy atom. The molecular formula is C9H14F2O2. The molecule has 4 heteroatoms. The van der Waals surface area contributed by atoms with Crippen molar-refractivity contribution >= 4 is 5.97 Å². The zero-order valence-corrected chi connectivity index (χ0v) is 7.69. The summed E-state index contributed by atoms with van der Waals surface area (Å²) in [5.74, 6) is -3.16. The minimum absolute atomic E-state index is 0.0370. The predicted molar refractivity (Wildman–Crippen MR) is 43.5 cm³/mol. The van der Waals surface area contributed by atoms with E-state index in [-0.39, 0.29) is 31.1 Å². The lowest BCUT2D eigenvalue weighted by molar-refractivity contribution is -0.143. The van der Waals surface area contributed by atoms with E-state index in [0.29, 0.717) is 12.8 Å². The van der Waals surface area contributed by atoms with E-state index in [9.17, 15) is 13.6 Å². The highest BCUT2D eigenvalue weighted by Gasteiger charge is 2.36. The molecule has 13 heavy (non-hydrogen) atoms. The van der Waals surface area contributed by atoms with Crippen molar-refractivity contribution in [1.82, 2.24) is 0 Å². The first kappa shape index (κ1) is 10.4. The maximum absolute atomic E-state index is 12.9. The van der Waals surface area contributed by atoms with Crippen molar-refractivity contribution in [2.75, 3.05) is 7.11 Å². The van der Waals surface area contributed by atoms with E-state index in [1.165, 1.54) is 7.11 Å². The summed E-state index contributed by atoms with van der Waals surface area (Å²) in [5, 5.41) is 0. The molecule has 1 rings (SSSR count). The zero-order valence-electron chi connectivity index (χ0n) is 7.69. The number of ether oxygens (including phenoxy) is 1. The topological polar surface area (TPSA) is 26.3 Å². The summed E-state index contributed by atoms with van der Waals surface area (Å²) in [7, 11) is 1.28. The van der Waals surface area contributed by atoms with Crippen LogP contribution in [0.5, 0.6) is 0 Å². The Morgan fingerprint density at radius 3 is 2.85 bits per heavy atom. The van der Waals surface area contributed by atoms with Crippen LogP contribution in [0.25, 0.3) is 0 Å². The summed E-state index contributed by atoms with van der Waals surface area (Å²) in [5.41, 5.74) is 0. The van der Waals surface area contributed by atoms with Crippen LogP contribution in [0.1, 0.15) is 32.1 Å². The molecule has 0 N–H and O–H groups in total. The van der Waals surface area contributed by atoms with Gasteiger partial charge in [0.05, 0.1) is 7.11 Å². The van der Waals surface area contributed by atoms with Crippen molar-refractivity contribution in [3.63, 3.8) is 0 Å². The average Bonchev–Trinajstić information content (AvgIpc) is 2.02. The van der Waals surface area contributed by atoms with E-state index in [1.54, 1.807) is 0 Å². The molecule has 0 aromatic heterocycles. The van der Waals surface area contributed by atoms with Crippen LogP contribution in [0.2, 0.25) is 0 Å². The second-order valence-electron chi connectivity index (χ2n) is 3.60. The van der Waals surface area contributed by atoms with Crippen LogP contribution in [0.4, 0.5) is 8.78 Å². The summed E-state index contributed by atoms with van der Waals surface area (Å²) in [6.07, 6.45) is 1.15. The molecule has 0 aromatic rings. The zero-order chi connectivity index (χ0) is 9.90. The molecule has 0 amide bonds. The lowest BCUT2D eigenvalue weighted by Gasteiger charge is -2.27. The first-order valence-electron chi connectivity index (χ1n) is 4.48. The Morgan fingerprint density at radius 2 is 2.31 bits per heavy atom. The molecule has 1 fully saturated rings. The maximum atomic E-state index is 12.9. The molecule has 0 aliphatic heterocycles. The summed E-state index contributed by atoms with van der Waals surface area (Å²) in [4.78, 5) is 10.8. The second kappa shape index (κ2) is 4.03. The normalized spacial score (nSPS) is 26.8. The molecule has 0 spiro atoms. The third-order valence-electron chi connectivity index (χ3n) is 2.43. The van der Waals surface area contributed by atoms with Crippen LogP contribution >= 0.6 is 0 Å². The third kappa shape index (κ3) is 3.28. The Labute approximate surface area is 76.3 Å². The number of halogens is 2. The molecule has 76 valence electrons. The Kier molecular flexibility index (Phi) is 3.22. The first-order chi connectivity index (χ1) is 6.03.